The molecule has 2 rings (SSSR count). The molecular formula is C12H13N3O3. The lowest BCUT2D eigenvalue weighted by atomic mass is 10.2. The average Bonchev–Trinajstić information content (AvgIpc) is 2.76. The van der Waals surface area contributed by atoms with Gasteiger partial charge in [-0.3, -0.25) is 10.1 Å². The first-order valence-electron chi connectivity index (χ1n) is 5.55. The average molecular weight is 247 g/mol. The number of benzene rings is 1. The van der Waals surface area contributed by atoms with Gasteiger partial charge in [0.1, 0.15) is 0 Å². The van der Waals surface area contributed by atoms with Gasteiger partial charge in [0.25, 0.3) is 0 Å². The van der Waals surface area contributed by atoms with Crippen LogP contribution in [0.15, 0.2) is 30.5 Å². The molecule has 0 aliphatic carbocycles. The van der Waals surface area contributed by atoms with Gasteiger partial charge in [0.15, 0.2) is 5.75 Å². The normalized spacial score (nSPS) is 10.3. The lowest BCUT2D eigenvalue weighted by Crippen LogP contribution is -2.01. The number of hydrogen-bond donors (Lipinski definition) is 0. The van der Waals surface area contributed by atoms with E-state index in [1.165, 1.54) is 6.07 Å². The van der Waals surface area contributed by atoms with Crippen LogP contribution in [0.1, 0.15) is 12.6 Å². The topological polar surface area (TPSA) is 70.2 Å². The van der Waals surface area contributed by atoms with Crippen LogP contribution in [0.5, 0.6) is 5.75 Å². The van der Waals surface area contributed by atoms with E-state index in [-0.39, 0.29) is 11.4 Å². The lowest BCUT2D eigenvalue weighted by Gasteiger charge is -2.07. The second kappa shape index (κ2) is 4.87. The molecule has 6 heteroatoms. The molecule has 1 heterocycles. The van der Waals surface area contributed by atoms with Crippen LogP contribution in [-0.2, 0) is 0 Å². The van der Waals surface area contributed by atoms with Crippen molar-refractivity contribution < 1.29 is 9.66 Å². The summed E-state index contributed by atoms with van der Waals surface area (Å²) in [6, 6.07) is 6.56. The highest BCUT2D eigenvalue weighted by Gasteiger charge is 2.16. The Kier molecular flexibility index (Phi) is 3.27. The van der Waals surface area contributed by atoms with Gasteiger partial charge in [0.2, 0.25) is 0 Å². The summed E-state index contributed by atoms with van der Waals surface area (Å²) < 4.78 is 6.94. The number of aryl methyl sites for hydroxylation is 1. The van der Waals surface area contributed by atoms with Crippen LogP contribution in [-0.4, -0.2) is 21.3 Å². The maximum atomic E-state index is 10.9. The Balaban J connectivity index is 2.45. The molecule has 1 aromatic carbocycles. The largest absolute Gasteiger partial charge is 0.487 e. The molecule has 0 radical (unpaired) electrons. The van der Waals surface area contributed by atoms with Gasteiger partial charge >= 0.3 is 5.69 Å². The molecule has 0 aliphatic heterocycles. The predicted molar refractivity (Wildman–Crippen MR) is 66.1 cm³/mol. The second-order valence-corrected chi connectivity index (χ2v) is 3.74. The van der Waals surface area contributed by atoms with Crippen molar-refractivity contribution in [2.75, 3.05) is 6.61 Å². The van der Waals surface area contributed by atoms with Crippen molar-refractivity contribution in [3.05, 3.63) is 46.3 Å². The van der Waals surface area contributed by atoms with Gasteiger partial charge in [-0.1, -0.05) is 0 Å². The van der Waals surface area contributed by atoms with Gasteiger partial charge in [-0.2, -0.15) is 5.10 Å². The van der Waals surface area contributed by atoms with E-state index in [4.69, 9.17) is 4.74 Å². The summed E-state index contributed by atoms with van der Waals surface area (Å²) in [5, 5.41) is 15.1. The molecule has 0 aliphatic rings. The number of aromatic nitrogens is 2. The minimum Gasteiger partial charge on any atom is -0.487 e. The van der Waals surface area contributed by atoms with E-state index in [0.717, 1.165) is 11.4 Å². The molecular weight excluding hydrogens is 234 g/mol. The highest BCUT2D eigenvalue weighted by molar-refractivity contribution is 5.52. The Labute approximate surface area is 104 Å². The molecule has 0 saturated heterocycles. The number of nitro groups is 1. The highest BCUT2D eigenvalue weighted by Crippen LogP contribution is 2.29. The van der Waals surface area contributed by atoms with Gasteiger partial charge < -0.3 is 4.74 Å². The maximum absolute atomic E-state index is 10.9. The van der Waals surface area contributed by atoms with Crippen LogP contribution in [0.4, 0.5) is 5.69 Å². The molecule has 0 bridgehead atoms. The van der Waals surface area contributed by atoms with Crippen LogP contribution in [0.2, 0.25) is 0 Å². The van der Waals surface area contributed by atoms with Crippen molar-refractivity contribution in [2.24, 2.45) is 0 Å². The minimum atomic E-state index is -0.455. The molecule has 6 nitrogen and oxygen atoms in total. The van der Waals surface area contributed by atoms with Gasteiger partial charge in [0, 0.05) is 18.3 Å². The Morgan fingerprint density at radius 1 is 1.44 bits per heavy atom. The van der Waals surface area contributed by atoms with Crippen molar-refractivity contribution in [2.45, 2.75) is 13.8 Å². The highest BCUT2D eigenvalue weighted by atomic mass is 16.6. The summed E-state index contributed by atoms with van der Waals surface area (Å²) in [7, 11) is 0. The maximum Gasteiger partial charge on any atom is 0.311 e. The number of hydrogen-bond acceptors (Lipinski definition) is 4. The van der Waals surface area contributed by atoms with E-state index in [1.807, 2.05) is 13.0 Å². The SMILES string of the molecule is CCOc1cc(-n2ccc(C)n2)ccc1[N+](=O)[O-]. The van der Waals surface area contributed by atoms with E-state index in [2.05, 4.69) is 5.10 Å². The monoisotopic (exact) mass is 247 g/mol. The summed E-state index contributed by atoms with van der Waals surface area (Å²) in [5.41, 5.74) is 1.58. The summed E-state index contributed by atoms with van der Waals surface area (Å²) in [6.45, 7) is 4.04. The fourth-order valence-electron chi connectivity index (χ4n) is 1.63. The first-order valence-corrected chi connectivity index (χ1v) is 5.55. The third-order valence-electron chi connectivity index (χ3n) is 2.43. The fraction of sp³-hybridized carbons (Fsp3) is 0.250. The van der Waals surface area contributed by atoms with Crippen molar-refractivity contribution in [3.63, 3.8) is 0 Å². The third kappa shape index (κ3) is 2.32. The minimum absolute atomic E-state index is 0.0375. The number of nitro benzene ring substituents is 1. The number of nitrogens with zero attached hydrogens (tertiary/aromatic N) is 3. The summed E-state index contributed by atoms with van der Waals surface area (Å²) in [5.74, 6) is 0.258. The van der Waals surface area contributed by atoms with E-state index >= 15 is 0 Å². The zero-order valence-electron chi connectivity index (χ0n) is 10.2. The van der Waals surface area contributed by atoms with E-state index in [1.54, 1.807) is 29.9 Å². The van der Waals surface area contributed by atoms with E-state index in [9.17, 15) is 10.1 Å². The number of ether oxygens (including phenoxy) is 1. The molecule has 0 N–H and O–H groups in total. The first kappa shape index (κ1) is 12.1. The fourth-order valence-corrected chi connectivity index (χ4v) is 1.63. The van der Waals surface area contributed by atoms with Crippen LogP contribution in [0, 0.1) is 17.0 Å². The molecule has 0 spiro atoms. The van der Waals surface area contributed by atoms with Crippen LogP contribution in [0.25, 0.3) is 5.69 Å². The molecule has 0 unspecified atom stereocenters. The Morgan fingerprint density at radius 2 is 2.22 bits per heavy atom. The summed E-state index contributed by atoms with van der Waals surface area (Å²) in [4.78, 5) is 10.4. The van der Waals surface area contributed by atoms with E-state index in [0.29, 0.717) is 6.61 Å². The van der Waals surface area contributed by atoms with E-state index < -0.39 is 4.92 Å². The zero-order chi connectivity index (χ0) is 13.1. The van der Waals surface area contributed by atoms with Crippen molar-refractivity contribution in [1.82, 2.24) is 9.78 Å². The van der Waals surface area contributed by atoms with Gasteiger partial charge in [0.05, 0.1) is 22.9 Å². The Bertz CT molecular complexity index is 578. The molecule has 18 heavy (non-hydrogen) atoms. The van der Waals surface area contributed by atoms with Crippen LogP contribution < -0.4 is 4.74 Å². The summed E-state index contributed by atoms with van der Waals surface area (Å²) >= 11 is 0. The molecule has 0 saturated carbocycles. The lowest BCUT2D eigenvalue weighted by molar-refractivity contribution is -0.385. The molecule has 2 aromatic rings. The quantitative estimate of drug-likeness (QED) is 0.614. The van der Waals surface area contributed by atoms with Crippen LogP contribution >= 0.6 is 0 Å². The van der Waals surface area contributed by atoms with Gasteiger partial charge in [-0.15, -0.1) is 0 Å². The zero-order valence-corrected chi connectivity index (χ0v) is 10.2. The molecule has 1 aromatic heterocycles. The predicted octanol–water partition coefficient (Wildman–Crippen LogP) is 2.49. The molecule has 94 valence electrons. The second-order valence-electron chi connectivity index (χ2n) is 3.74. The van der Waals surface area contributed by atoms with Crippen molar-refractivity contribution in [3.8, 4) is 11.4 Å². The van der Waals surface area contributed by atoms with Crippen LogP contribution in [0.3, 0.4) is 0 Å². The molecule has 0 fully saturated rings. The third-order valence-corrected chi connectivity index (χ3v) is 2.43. The number of rotatable bonds is 4. The Morgan fingerprint density at radius 3 is 2.78 bits per heavy atom. The van der Waals surface area contributed by atoms with Crippen molar-refractivity contribution in [1.29, 1.82) is 0 Å². The van der Waals surface area contributed by atoms with Crippen molar-refractivity contribution >= 4 is 5.69 Å². The smallest absolute Gasteiger partial charge is 0.311 e. The standard InChI is InChI=1S/C12H13N3O3/c1-3-18-12-8-10(4-5-11(12)15(16)17)14-7-6-9(2)13-14/h4-8H,3H2,1-2H3. The summed E-state index contributed by atoms with van der Waals surface area (Å²) in [6.07, 6.45) is 1.80. The van der Waals surface area contributed by atoms with Gasteiger partial charge in [-0.25, -0.2) is 4.68 Å². The molecule has 0 amide bonds. The van der Waals surface area contributed by atoms with Gasteiger partial charge in [-0.05, 0) is 26.0 Å². The molecule has 0 atom stereocenters. The Hall–Kier alpha value is -2.37. The first-order chi connectivity index (χ1) is 8.61.